The summed E-state index contributed by atoms with van der Waals surface area (Å²) < 4.78 is 13.4. The molecule has 2 rings (SSSR count). The van der Waals surface area contributed by atoms with Gasteiger partial charge in [-0.15, -0.1) is 0 Å². The highest BCUT2D eigenvalue weighted by Gasteiger charge is 2.30. The van der Waals surface area contributed by atoms with E-state index in [1.165, 1.54) is 38.2 Å². The third-order valence-electron chi connectivity index (χ3n) is 4.53. The fraction of sp³-hybridized carbons (Fsp3) is 0.647. The fourth-order valence-electron chi connectivity index (χ4n) is 3.19. The molecule has 2 nitrogen and oxygen atoms in total. The van der Waals surface area contributed by atoms with E-state index in [-0.39, 0.29) is 11.4 Å². The van der Waals surface area contributed by atoms with E-state index >= 15 is 0 Å². The van der Waals surface area contributed by atoms with Crippen LogP contribution in [0.15, 0.2) is 24.3 Å². The van der Waals surface area contributed by atoms with Crippen LogP contribution in [0.2, 0.25) is 0 Å². The summed E-state index contributed by atoms with van der Waals surface area (Å²) in [5.41, 5.74) is 7.06. The van der Waals surface area contributed by atoms with E-state index in [4.69, 9.17) is 5.73 Å². The fourth-order valence-corrected chi connectivity index (χ4v) is 3.19. The van der Waals surface area contributed by atoms with E-state index in [9.17, 15) is 4.39 Å². The zero-order valence-electron chi connectivity index (χ0n) is 12.6. The van der Waals surface area contributed by atoms with Gasteiger partial charge in [0, 0.05) is 12.1 Å². The Balaban J connectivity index is 2.10. The van der Waals surface area contributed by atoms with Crippen LogP contribution in [0.4, 0.5) is 4.39 Å². The number of benzene rings is 1. The highest BCUT2D eigenvalue weighted by atomic mass is 19.1. The molecule has 0 amide bonds. The first-order valence-corrected chi connectivity index (χ1v) is 7.84. The van der Waals surface area contributed by atoms with Crippen LogP contribution in [0.3, 0.4) is 0 Å². The minimum atomic E-state index is -0.158. The SMILES string of the molecule is CC(CN)(Cc1cccc(F)c1)N1CCCCCCC1. The summed E-state index contributed by atoms with van der Waals surface area (Å²) in [7, 11) is 0. The Morgan fingerprint density at radius 2 is 1.80 bits per heavy atom. The maximum absolute atomic E-state index is 13.4. The second kappa shape index (κ2) is 7.19. The van der Waals surface area contributed by atoms with Gasteiger partial charge < -0.3 is 5.73 Å². The molecule has 1 atom stereocenters. The first-order chi connectivity index (χ1) is 9.64. The number of hydrogen-bond acceptors (Lipinski definition) is 2. The highest BCUT2D eigenvalue weighted by molar-refractivity contribution is 5.19. The van der Waals surface area contributed by atoms with E-state index in [0.29, 0.717) is 6.54 Å². The smallest absolute Gasteiger partial charge is 0.123 e. The van der Waals surface area contributed by atoms with Gasteiger partial charge in [-0.2, -0.15) is 0 Å². The third kappa shape index (κ3) is 4.03. The molecule has 0 bridgehead atoms. The van der Waals surface area contributed by atoms with Crippen LogP contribution in [-0.2, 0) is 6.42 Å². The van der Waals surface area contributed by atoms with E-state index in [2.05, 4.69) is 11.8 Å². The van der Waals surface area contributed by atoms with Gasteiger partial charge in [0.2, 0.25) is 0 Å². The van der Waals surface area contributed by atoms with Crippen molar-refractivity contribution >= 4 is 0 Å². The first kappa shape index (κ1) is 15.5. The molecule has 1 unspecified atom stereocenters. The summed E-state index contributed by atoms with van der Waals surface area (Å²) in [5, 5.41) is 0. The number of nitrogens with zero attached hydrogens (tertiary/aromatic N) is 1. The zero-order chi connectivity index (χ0) is 14.4. The van der Waals surface area contributed by atoms with Crippen LogP contribution in [0.25, 0.3) is 0 Å². The van der Waals surface area contributed by atoms with E-state index in [1.54, 1.807) is 12.1 Å². The van der Waals surface area contributed by atoms with Gasteiger partial charge in [-0.05, 0) is 57.0 Å². The van der Waals surface area contributed by atoms with Gasteiger partial charge in [0.15, 0.2) is 0 Å². The minimum Gasteiger partial charge on any atom is -0.329 e. The Hall–Kier alpha value is -0.930. The minimum absolute atomic E-state index is 0.0644. The molecule has 0 aromatic heterocycles. The van der Waals surface area contributed by atoms with Gasteiger partial charge in [0.05, 0.1) is 0 Å². The Kier molecular flexibility index (Phi) is 5.55. The molecule has 1 aromatic rings. The molecule has 0 spiro atoms. The number of hydrogen-bond donors (Lipinski definition) is 1. The molecule has 3 heteroatoms. The second-order valence-corrected chi connectivity index (χ2v) is 6.26. The number of rotatable bonds is 4. The monoisotopic (exact) mass is 278 g/mol. The first-order valence-electron chi connectivity index (χ1n) is 7.84. The Morgan fingerprint density at radius 1 is 1.15 bits per heavy atom. The van der Waals surface area contributed by atoms with Crippen molar-refractivity contribution in [3.05, 3.63) is 35.6 Å². The maximum Gasteiger partial charge on any atom is 0.123 e. The molecule has 20 heavy (non-hydrogen) atoms. The molecule has 112 valence electrons. The van der Waals surface area contributed by atoms with Gasteiger partial charge in [0.25, 0.3) is 0 Å². The van der Waals surface area contributed by atoms with Crippen molar-refractivity contribution in [2.24, 2.45) is 5.73 Å². The van der Waals surface area contributed by atoms with Crippen molar-refractivity contribution in [2.45, 2.75) is 51.0 Å². The summed E-state index contributed by atoms with van der Waals surface area (Å²) in [6.07, 6.45) is 7.31. The average Bonchev–Trinajstić information content (AvgIpc) is 2.38. The van der Waals surface area contributed by atoms with E-state index in [0.717, 1.165) is 25.1 Å². The molecular formula is C17H27FN2. The van der Waals surface area contributed by atoms with Gasteiger partial charge >= 0.3 is 0 Å². The molecule has 1 heterocycles. The summed E-state index contributed by atoms with van der Waals surface area (Å²) in [5.74, 6) is -0.158. The number of nitrogens with two attached hydrogens (primary N) is 1. The lowest BCUT2D eigenvalue weighted by Crippen LogP contribution is -2.54. The number of likely N-dealkylation sites (tertiary alicyclic amines) is 1. The van der Waals surface area contributed by atoms with Crippen molar-refractivity contribution in [3.8, 4) is 0 Å². The molecule has 1 aliphatic heterocycles. The molecule has 1 aliphatic rings. The molecule has 0 radical (unpaired) electrons. The Morgan fingerprint density at radius 3 is 2.40 bits per heavy atom. The van der Waals surface area contributed by atoms with Crippen molar-refractivity contribution in [2.75, 3.05) is 19.6 Å². The van der Waals surface area contributed by atoms with Gasteiger partial charge in [-0.3, -0.25) is 4.90 Å². The molecular weight excluding hydrogens is 251 g/mol. The standard InChI is InChI=1S/C17H27FN2/c1-17(14-19,13-15-8-7-9-16(18)12-15)20-10-5-3-2-4-6-11-20/h7-9,12H,2-6,10-11,13-14,19H2,1H3. The van der Waals surface area contributed by atoms with Gasteiger partial charge in [0.1, 0.15) is 5.82 Å². The second-order valence-electron chi connectivity index (χ2n) is 6.26. The summed E-state index contributed by atoms with van der Waals surface area (Å²) in [6, 6.07) is 6.92. The van der Waals surface area contributed by atoms with Crippen LogP contribution in [-0.4, -0.2) is 30.1 Å². The summed E-state index contributed by atoms with van der Waals surface area (Å²) >= 11 is 0. The van der Waals surface area contributed by atoms with Crippen LogP contribution in [0.1, 0.15) is 44.6 Å². The summed E-state index contributed by atoms with van der Waals surface area (Å²) in [6.45, 7) is 5.06. The van der Waals surface area contributed by atoms with Crippen molar-refractivity contribution in [1.29, 1.82) is 0 Å². The normalized spacial score (nSPS) is 20.9. The van der Waals surface area contributed by atoms with Gasteiger partial charge in [-0.1, -0.05) is 31.4 Å². The molecule has 0 aliphatic carbocycles. The zero-order valence-corrected chi connectivity index (χ0v) is 12.6. The van der Waals surface area contributed by atoms with Crippen LogP contribution >= 0.6 is 0 Å². The van der Waals surface area contributed by atoms with Gasteiger partial charge in [-0.25, -0.2) is 4.39 Å². The van der Waals surface area contributed by atoms with Crippen molar-refractivity contribution in [1.82, 2.24) is 4.90 Å². The van der Waals surface area contributed by atoms with E-state index in [1.807, 2.05) is 6.07 Å². The van der Waals surface area contributed by atoms with E-state index < -0.39 is 0 Å². The molecule has 1 aromatic carbocycles. The largest absolute Gasteiger partial charge is 0.329 e. The van der Waals surface area contributed by atoms with Crippen molar-refractivity contribution < 1.29 is 4.39 Å². The number of halogens is 1. The predicted octanol–water partition coefficient (Wildman–Crippen LogP) is 3.35. The molecule has 2 N–H and O–H groups in total. The van der Waals surface area contributed by atoms with Crippen LogP contribution in [0.5, 0.6) is 0 Å². The summed E-state index contributed by atoms with van der Waals surface area (Å²) in [4.78, 5) is 2.52. The maximum atomic E-state index is 13.4. The molecule has 1 fully saturated rings. The van der Waals surface area contributed by atoms with Crippen LogP contribution in [0, 0.1) is 5.82 Å². The Bertz CT molecular complexity index is 413. The third-order valence-corrected chi connectivity index (χ3v) is 4.53. The average molecular weight is 278 g/mol. The Labute approximate surface area is 122 Å². The highest BCUT2D eigenvalue weighted by Crippen LogP contribution is 2.24. The topological polar surface area (TPSA) is 29.3 Å². The predicted molar refractivity (Wildman–Crippen MR) is 82.2 cm³/mol. The lowest BCUT2D eigenvalue weighted by atomic mass is 9.89. The lowest BCUT2D eigenvalue weighted by molar-refractivity contribution is 0.0990. The molecule has 1 saturated heterocycles. The molecule has 0 saturated carbocycles. The lowest BCUT2D eigenvalue weighted by Gasteiger charge is -2.42. The quantitative estimate of drug-likeness (QED) is 0.915. The van der Waals surface area contributed by atoms with Crippen LogP contribution < -0.4 is 5.73 Å². The van der Waals surface area contributed by atoms with Crippen molar-refractivity contribution in [3.63, 3.8) is 0 Å².